The van der Waals surface area contributed by atoms with Crippen molar-refractivity contribution in [3.8, 4) is 11.5 Å². The first-order valence-electron chi connectivity index (χ1n) is 4.65. The predicted octanol–water partition coefficient (Wildman–Crippen LogP) is 1.97. The van der Waals surface area contributed by atoms with Gasteiger partial charge < -0.3 is 9.47 Å². The summed E-state index contributed by atoms with van der Waals surface area (Å²) in [4.78, 5) is 11.6. The highest BCUT2D eigenvalue weighted by atomic mass is 19.1. The zero-order chi connectivity index (χ0) is 11.0. The topological polar surface area (TPSA) is 35.5 Å². The highest BCUT2D eigenvalue weighted by molar-refractivity contribution is 6.03. The van der Waals surface area contributed by atoms with E-state index < -0.39 is 5.82 Å². The van der Waals surface area contributed by atoms with Crippen LogP contribution in [0.5, 0.6) is 11.5 Å². The third kappa shape index (κ3) is 1.37. The second-order valence-electron chi connectivity index (χ2n) is 3.37. The minimum atomic E-state index is -0.395. The molecule has 0 bridgehead atoms. The van der Waals surface area contributed by atoms with Gasteiger partial charge in [0.2, 0.25) is 0 Å². The van der Waals surface area contributed by atoms with Crippen molar-refractivity contribution in [1.82, 2.24) is 0 Å². The van der Waals surface area contributed by atoms with Crippen molar-refractivity contribution in [1.29, 1.82) is 0 Å². The Bertz CT molecular complexity index is 426. The number of carbonyl (C=O) groups excluding carboxylic acids is 1. The number of benzene rings is 1. The van der Waals surface area contributed by atoms with Crippen molar-refractivity contribution >= 4 is 5.78 Å². The number of fused-ring (bicyclic) bond motifs is 1. The van der Waals surface area contributed by atoms with Gasteiger partial charge in [-0.15, -0.1) is 0 Å². The van der Waals surface area contributed by atoms with Crippen molar-refractivity contribution in [2.45, 2.75) is 12.8 Å². The average molecular weight is 210 g/mol. The molecule has 0 N–H and O–H groups in total. The summed E-state index contributed by atoms with van der Waals surface area (Å²) in [5.74, 6) is 0.133. The van der Waals surface area contributed by atoms with Crippen LogP contribution in [0.15, 0.2) is 6.07 Å². The molecule has 1 aromatic rings. The van der Waals surface area contributed by atoms with Gasteiger partial charge in [0, 0.05) is 18.1 Å². The number of ether oxygens (including phenoxy) is 2. The van der Waals surface area contributed by atoms with Crippen LogP contribution in [-0.2, 0) is 6.42 Å². The van der Waals surface area contributed by atoms with Crippen LogP contribution >= 0.6 is 0 Å². The first-order valence-corrected chi connectivity index (χ1v) is 4.65. The number of Topliss-reactive ketones (excluding diaryl/α,β-unsaturated/α-hetero) is 1. The molecule has 0 saturated heterocycles. The molecule has 0 spiro atoms. The first-order chi connectivity index (χ1) is 7.19. The van der Waals surface area contributed by atoms with E-state index in [1.165, 1.54) is 20.3 Å². The van der Waals surface area contributed by atoms with Gasteiger partial charge in [-0.1, -0.05) is 0 Å². The molecule has 3 nitrogen and oxygen atoms in total. The van der Waals surface area contributed by atoms with Crippen molar-refractivity contribution < 1.29 is 18.7 Å². The van der Waals surface area contributed by atoms with Crippen molar-refractivity contribution in [2.24, 2.45) is 0 Å². The largest absolute Gasteiger partial charge is 0.493 e. The van der Waals surface area contributed by atoms with Gasteiger partial charge in [-0.3, -0.25) is 4.79 Å². The Morgan fingerprint density at radius 2 is 2.00 bits per heavy atom. The summed E-state index contributed by atoms with van der Waals surface area (Å²) in [6.07, 6.45) is 0.788. The summed E-state index contributed by atoms with van der Waals surface area (Å²) in [6, 6.07) is 1.26. The van der Waals surface area contributed by atoms with E-state index in [1.54, 1.807) is 0 Å². The van der Waals surface area contributed by atoms with Crippen LogP contribution in [0.25, 0.3) is 0 Å². The fourth-order valence-electron chi connectivity index (χ4n) is 1.90. The second kappa shape index (κ2) is 3.53. The lowest BCUT2D eigenvalue weighted by molar-refractivity contribution is 0.0991. The van der Waals surface area contributed by atoms with Crippen molar-refractivity contribution in [3.63, 3.8) is 0 Å². The Morgan fingerprint density at radius 1 is 1.27 bits per heavy atom. The van der Waals surface area contributed by atoms with Crippen LogP contribution < -0.4 is 9.47 Å². The summed E-state index contributed by atoms with van der Waals surface area (Å²) in [5.41, 5.74) is 0.784. The molecule has 0 radical (unpaired) electrons. The third-order valence-electron chi connectivity index (χ3n) is 2.60. The molecule has 0 atom stereocenters. The highest BCUT2D eigenvalue weighted by Gasteiger charge is 2.29. The Morgan fingerprint density at radius 3 is 2.60 bits per heavy atom. The van der Waals surface area contributed by atoms with Crippen LogP contribution in [-0.4, -0.2) is 20.0 Å². The molecule has 0 aliphatic heterocycles. The molecule has 0 unspecified atom stereocenters. The fraction of sp³-hybridized carbons (Fsp3) is 0.364. The normalized spacial score (nSPS) is 13.9. The first kappa shape index (κ1) is 9.96. The minimum absolute atomic E-state index is 0.0837. The summed E-state index contributed by atoms with van der Waals surface area (Å²) in [7, 11) is 2.87. The lowest BCUT2D eigenvalue weighted by Gasteiger charge is -2.11. The average Bonchev–Trinajstić information content (AvgIpc) is 2.61. The summed E-state index contributed by atoms with van der Waals surface area (Å²) >= 11 is 0. The lowest BCUT2D eigenvalue weighted by Crippen LogP contribution is -2.01. The number of halogens is 1. The van der Waals surface area contributed by atoms with Gasteiger partial charge in [-0.25, -0.2) is 4.39 Å². The van der Waals surface area contributed by atoms with Gasteiger partial charge in [0.25, 0.3) is 0 Å². The Kier molecular flexibility index (Phi) is 2.34. The molecule has 1 aliphatic carbocycles. The zero-order valence-corrected chi connectivity index (χ0v) is 8.59. The summed E-state index contributed by atoms with van der Waals surface area (Å²) in [6.45, 7) is 0. The number of hydrogen-bond donors (Lipinski definition) is 0. The maximum absolute atomic E-state index is 13.5. The lowest BCUT2D eigenvalue weighted by atomic mass is 10.1. The molecular formula is C11H11FO3. The van der Waals surface area contributed by atoms with E-state index in [2.05, 4.69) is 0 Å². The quantitative estimate of drug-likeness (QED) is 0.748. The van der Waals surface area contributed by atoms with Crippen molar-refractivity contribution in [2.75, 3.05) is 14.2 Å². The molecule has 15 heavy (non-hydrogen) atoms. The van der Waals surface area contributed by atoms with Crippen LogP contribution in [0.2, 0.25) is 0 Å². The summed E-state index contributed by atoms with van der Waals surface area (Å²) in [5, 5.41) is 0. The van der Waals surface area contributed by atoms with Gasteiger partial charge in [-0.05, 0) is 6.42 Å². The molecule has 0 heterocycles. The van der Waals surface area contributed by atoms with E-state index in [-0.39, 0.29) is 11.5 Å². The molecule has 1 aromatic carbocycles. The van der Waals surface area contributed by atoms with Gasteiger partial charge in [0.05, 0.1) is 19.8 Å². The molecule has 0 saturated carbocycles. The maximum atomic E-state index is 13.5. The third-order valence-corrected chi connectivity index (χ3v) is 2.60. The smallest absolute Gasteiger partial charge is 0.172 e. The van der Waals surface area contributed by atoms with Crippen LogP contribution in [0.1, 0.15) is 22.3 Å². The number of carbonyl (C=O) groups is 1. The van der Waals surface area contributed by atoms with E-state index in [1.807, 2.05) is 0 Å². The molecule has 2 rings (SSSR count). The maximum Gasteiger partial charge on any atom is 0.172 e. The van der Waals surface area contributed by atoms with E-state index in [0.29, 0.717) is 29.7 Å². The number of rotatable bonds is 2. The minimum Gasteiger partial charge on any atom is -0.493 e. The molecule has 4 heteroatoms. The van der Waals surface area contributed by atoms with E-state index in [9.17, 15) is 9.18 Å². The van der Waals surface area contributed by atoms with Crippen LogP contribution in [0.4, 0.5) is 4.39 Å². The number of methoxy groups -OCH3 is 2. The molecule has 0 aromatic heterocycles. The van der Waals surface area contributed by atoms with Gasteiger partial charge in [0.1, 0.15) is 5.82 Å². The molecule has 0 fully saturated rings. The number of hydrogen-bond acceptors (Lipinski definition) is 3. The molecule has 80 valence electrons. The molecular weight excluding hydrogens is 199 g/mol. The van der Waals surface area contributed by atoms with E-state index in [0.717, 1.165) is 0 Å². The van der Waals surface area contributed by atoms with E-state index >= 15 is 0 Å². The van der Waals surface area contributed by atoms with Crippen LogP contribution in [0, 0.1) is 5.82 Å². The SMILES string of the molecule is COc1cc(F)c2c(c1OC)C(=O)CC2. The van der Waals surface area contributed by atoms with Crippen LogP contribution in [0.3, 0.4) is 0 Å². The second-order valence-corrected chi connectivity index (χ2v) is 3.37. The zero-order valence-electron chi connectivity index (χ0n) is 8.59. The van der Waals surface area contributed by atoms with E-state index in [4.69, 9.17) is 9.47 Å². The Labute approximate surface area is 86.8 Å². The fourth-order valence-corrected chi connectivity index (χ4v) is 1.90. The molecule has 1 aliphatic rings. The standard InChI is InChI=1S/C11H11FO3/c1-14-9-5-7(12)6-3-4-8(13)10(6)11(9)15-2/h5H,3-4H2,1-2H3. The van der Waals surface area contributed by atoms with Gasteiger partial charge in [-0.2, -0.15) is 0 Å². The Balaban J connectivity index is 2.71. The van der Waals surface area contributed by atoms with Crippen molar-refractivity contribution in [3.05, 3.63) is 23.0 Å². The highest BCUT2D eigenvalue weighted by Crippen LogP contribution is 2.39. The Hall–Kier alpha value is -1.58. The predicted molar refractivity (Wildman–Crippen MR) is 52.2 cm³/mol. The molecule has 0 amide bonds. The monoisotopic (exact) mass is 210 g/mol. The van der Waals surface area contributed by atoms with Gasteiger partial charge in [0.15, 0.2) is 17.3 Å². The summed E-state index contributed by atoms with van der Waals surface area (Å²) < 4.78 is 23.6. The van der Waals surface area contributed by atoms with Gasteiger partial charge >= 0.3 is 0 Å². The number of ketones is 1.